The predicted molar refractivity (Wildman–Crippen MR) is 50.9 cm³/mol. The molecule has 1 aliphatic rings. The van der Waals surface area contributed by atoms with Crippen molar-refractivity contribution in [3.63, 3.8) is 0 Å². The largest absolute Gasteiger partial charge is 0.303 e. The summed E-state index contributed by atoms with van der Waals surface area (Å²) in [5.41, 5.74) is 1.40. The van der Waals surface area contributed by atoms with Crippen LogP contribution in [0, 0.1) is 5.41 Å². The molecule has 0 bridgehead atoms. The summed E-state index contributed by atoms with van der Waals surface area (Å²) < 4.78 is 0. The van der Waals surface area contributed by atoms with Crippen molar-refractivity contribution in [2.75, 3.05) is 0 Å². The lowest BCUT2D eigenvalue weighted by Gasteiger charge is -2.33. The molecule has 0 amide bonds. The third kappa shape index (κ3) is 1.84. The zero-order valence-corrected chi connectivity index (χ0v) is 7.51. The van der Waals surface area contributed by atoms with Gasteiger partial charge < -0.3 is 4.79 Å². The summed E-state index contributed by atoms with van der Waals surface area (Å²) in [5, 5.41) is 0. The highest BCUT2D eigenvalue weighted by Crippen LogP contribution is 2.41. The summed E-state index contributed by atoms with van der Waals surface area (Å²) in [7, 11) is 0. The molecule has 66 valence electrons. The van der Waals surface area contributed by atoms with Crippen LogP contribution in [0.5, 0.6) is 0 Å². The van der Waals surface area contributed by atoms with Crippen LogP contribution in [-0.2, 0) is 4.79 Å². The molecular weight excluding hydrogens is 148 g/mol. The lowest BCUT2D eigenvalue weighted by molar-refractivity contribution is -0.109. The van der Waals surface area contributed by atoms with Gasteiger partial charge in [0.2, 0.25) is 0 Å². The molecule has 0 aliphatic heterocycles. The monoisotopic (exact) mass is 164 g/mol. The molecule has 0 aromatic rings. The first-order chi connectivity index (χ1) is 5.72. The van der Waals surface area contributed by atoms with Crippen LogP contribution in [0.4, 0.5) is 0 Å². The fourth-order valence-corrected chi connectivity index (χ4v) is 1.76. The minimum Gasteiger partial charge on any atom is -0.303 e. The number of carbonyl (C=O) groups is 1. The molecule has 1 saturated carbocycles. The van der Waals surface area contributed by atoms with E-state index in [0.717, 1.165) is 32.0 Å². The molecular formula is C11H16O. The Morgan fingerprint density at radius 1 is 1.42 bits per heavy atom. The van der Waals surface area contributed by atoms with Gasteiger partial charge in [-0.1, -0.05) is 18.2 Å². The van der Waals surface area contributed by atoms with E-state index in [0.29, 0.717) is 6.42 Å². The summed E-state index contributed by atoms with van der Waals surface area (Å²) in [4.78, 5) is 10.4. The van der Waals surface area contributed by atoms with Crippen molar-refractivity contribution in [3.8, 4) is 0 Å². The molecule has 0 heterocycles. The van der Waals surface area contributed by atoms with Gasteiger partial charge in [0.15, 0.2) is 0 Å². The highest BCUT2D eigenvalue weighted by Gasteiger charge is 2.29. The van der Waals surface area contributed by atoms with E-state index in [1.54, 1.807) is 0 Å². The fourth-order valence-electron chi connectivity index (χ4n) is 1.76. The van der Waals surface area contributed by atoms with Gasteiger partial charge in [-0.3, -0.25) is 0 Å². The van der Waals surface area contributed by atoms with Crippen LogP contribution >= 0.6 is 0 Å². The molecule has 1 aliphatic carbocycles. The van der Waals surface area contributed by atoms with E-state index >= 15 is 0 Å². The molecule has 0 saturated heterocycles. The standard InChI is InChI=1S/C11H16O/c1-3-11(8-9-12)6-4-10(2)5-7-11/h3,9H,1-2,4-8H2. The van der Waals surface area contributed by atoms with Crippen LogP contribution in [-0.4, -0.2) is 6.29 Å². The molecule has 1 rings (SSSR count). The number of allylic oxidation sites excluding steroid dienone is 2. The molecule has 12 heavy (non-hydrogen) atoms. The molecule has 1 fully saturated rings. The average molecular weight is 164 g/mol. The molecule has 1 nitrogen and oxygen atoms in total. The van der Waals surface area contributed by atoms with E-state index in [4.69, 9.17) is 0 Å². The van der Waals surface area contributed by atoms with E-state index in [1.807, 2.05) is 6.08 Å². The third-order valence-corrected chi connectivity index (χ3v) is 2.88. The van der Waals surface area contributed by atoms with Crippen LogP contribution in [0.3, 0.4) is 0 Å². The van der Waals surface area contributed by atoms with E-state index in [2.05, 4.69) is 13.2 Å². The number of carbonyl (C=O) groups excluding carboxylic acids is 1. The second kappa shape index (κ2) is 3.70. The van der Waals surface area contributed by atoms with Crippen LogP contribution in [0.15, 0.2) is 24.8 Å². The highest BCUT2D eigenvalue weighted by atomic mass is 16.1. The van der Waals surface area contributed by atoms with E-state index in [1.165, 1.54) is 5.57 Å². The van der Waals surface area contributed by atoms with E-state index in [9.17, 15) is 4.79 Å². The van der Waals surface area contributed by atoms with Gasteiger partial charge in [0, 0.05) is 6.42 Å². The maximum atomic E-state index is 10.4. The van der Waals surface area contributed by atoms with Crippen LogP contribution in [0.1, 0.15) is 32.1 Å². The Morgan fingerprint density at radius 2 is 2.00 bits per heavy atom. The topological polar surface area (TPSA) is 17.1 Å². The first-order valence-electron chi connectivity index (χ1n) is 4.46. The molecule has 0 N–H and O–H groups in total. The minimum atomic E-state index is 0.0862. The second-order valence-corrected chi connectivity index (χ2v) is 3.69. The van der Waals surface area contributed by atoms with Crippen LogP contribution in [0.2, 0.25) is 0 Å². The predicted octanol–water partition coefficient (Wildman–Crippen LogP) is 2.88. The van der Waals surface area contributed by atoms with Gasteiger partial charge in [0.05, 0.1) is 0 Å². The van der Waals surface area contributed by atoms with Crippen molar-refractivity contribution in [2.45, 2.75) is 32.1 Å². The summed E-state index contributed by atoms with van der Waals surface area (Å²) in [6.07, 6.45) is 7.80. The van der Waals surface area contributed by atoms with Crippen molar-refractivity contribution in [1.82, 2.24) is 0 Å². The Hall–Kier alpha value is -0.850. The lowest BCUT2D eigenvalue weighted by Crippen LogP contribution is -2.22. The van der Waals surface area contributed by atoms with Gasteiger partial charge in [-0.15, -0.1) is 6.58 Å². The third-order valence-electron chi connectivity index (χ3n) is 2.88. The summed E-state index contributed by atoms with van der Waals surface area (Å²) >= 11 is 0. The maximum absolute atomic E-state index is 10.4. The molecule has 0 aromatic heterocycles. The Kier molecular flexibility index (Phi) is 2.85. The van der Waals surface area contributed by atoms with E-state index in [-0.39, 0.29) is 5.41 Å². The van der Waals surface area contributed by atoms with Crippen molar-refractivity contribution in [2.24, 2.45) is 5.41 Å². The van der Waals surface area contributed by atoms with Gasteiger partial charge in [-0.05, 0) is 31.1 Å². The molecule has 0 aromatic carbocycles. The van der Waals surface area contributed by atoms with Gasteiger partial charge >= 0.3 is 0 Å². The van der Waals surface area contributed by atoms with Gasteiger partial charge in [-0.25, -0.2) is 0 Å². The number of hydrogen-bond acceptors (Lipinski definition) is 1. The first kappa shape index (κ1) is 9.24. The zero-order chi connectivity index (χ0) is 9.03. The maximum Gasteiger partial charge on any atom is 0.120 e. The Labute approximate surface area is 74.2 Å². The van der Waals surface area contributed by atoms with E-state index < -0.39 is 0 Å². The number of rotatable bonds is 3. The normalized spacial score (nSPS) is 21.8. The molecule has 0 radical (unpaired) electrons. The Bertz CT molecular complexity index is 193. The zero-order valence-electron chi connectivity index (χ0n) is 7.51. The van der Waals surface area contributed by atoms with Crippen molar-refractivity contribution in [1.29, 1.82) is 0 Å². The van der Waals surface area contributed by atoms with Crippen molar-refractivity contribution in [3.05, 3.63) is 24.8 Å². The fraction of sp³-hybridized carbons (Fsp3) is 0.545. The Balaban J connectivity index is 2.62. The highest BCUT2D eigenvalue weighted by molar-refractivity contribution is 5.51. The smallest absolute Gasteiger partial charge is 0.120 e. The first-order valence-corrected chi connectivity index (χ1v) is 4.46. The molecule has 1 heteroatoms. The summed E-state index contributed by atoms with van der Waals surface area (Å²) in [5.74, 6) is 0. The van der Waals surface area contributed by atoms with Crippen LogP contribution < -0.4 is 0 Å². The van der Waals surface area contributed by atoms with Crippen LogP contribution in [0.25, 0.3) is 0 Å². The summed E-state index contributed by atoms with van der Waals surface area (Å²) in [6.45, 7) is 7.76. The van der Waals surface area contributed by atoms with Crippen molar-refractivity contribution >= 4 is 6.29 Å². The number of aldehydes is 1. The summed E-state index contributed by atoms with van der Waals surface area (Å²) in [6, 6.07) is 0. The quantitative estimate of drug-likeness (QED) is 0.463. The second-order valence-electron chi connectivity index (χ2n) is 3.69. The van der Waals surface area contributed by atoms with Gasteiger partial charge in [0.1, 0.15) is 6.29 Å². The average Bonchev–Trinajstić information content (AvgIpc) is 2.10. The van der Waals surface area contributed by atoms with Crippen molar-refractivity contribution < 1.29 is 4.79 Å². The lowest BCUT2D eigenvalue weighted by atomic mass is 9.71. The molecule has 0 spiro atoms. The minimum absolute atomic E-state index is 0.0862. The van der Waals surface area contributed by atoms with Gasteiger partial charge in [0.25, 0.3) is 0 Å². The number of hydrogen-bond donors (Lipinski definition) is 0. The molecule has 0 atom stereocenters. The van der Waals surface area contributed by atoms with Gasteiger partial charge in [-0.2, -0.15) is 0 Å². The Morgan fingerprint density at radius 3 is 2.42 bits per heavy atom. The molecule has 0 unspecified atom stereocenters. The SMILES string of the molecule is C=CC1(CC=O)CCC(=C)CC1.